The van der Waals surface area contributed by atoms with E-state index in [2.05, 4.69) is 19.6 Å². The van der Waals surface area contributed by atoms with Crippen LogP contribution in [0.5, 0.6) is 5.75 Å². The zero-order valence-corrected chi connectivity index (χ0v) is 16.6. The molecule has 0 saturated carbocycles. The lowest BCUT2D eigenvalue weighted by molar-refractivity contribution is 0.0740. The highest BCUT2D eigenvalue weighted by atomic mass is 19.2. The average molecular weight is 421 g/mol. The van der Waals surface area contributed by atoms with Gasteiger partial charge < -0.3 is 19.4 Å². The molecular weight excluding hydrogens is 399 g/mol. The number of nitrogens with zero attached hydrogens (tertiary/aromatic N) is 5. The lowest BCUT2D eigenvalue weighted by Gasteiger charge is -2.35. The zero-order chi connectivity index (χ0) is 21.3. The molecule has 10 heteroatoms. The summed E-state index contributed by atoms with van der Waals surface area (Å²) in [4.78, 5) is 27.3. The van der Waals surface area contributed by atoms with Crippen LogP contribution in [0.4, 0.5) is 24.9 Å². The van der Waals surface area contributed by atoms with Gasteiger partial charge in [0, 0.05) is 45.5 Å². The van der Waals surface area contributed by atoms with Gasteiger partial charge in [-0.1, -0.05) is 0 Å². The highest BCUT2D eigenvalue weighted by molar-refractivity contribution is 5.95. The van der Waals surface area contributed by atoms with Crippen LogP contribution in [-0.4, -0.2) is 67.2 Å². The fourth-order valence-electron chi connectivity index (χ4n) is 3.81. The Kier molecular flexibility index (Phi) is 5.65. The molecule has 7 nitrogen and oxygen atoms in total. The molecule has 160 valence electrons. The van der Waals surface area contributed by atoms with Gasteiger partial charge in [0.05, 0.1) is 12.7 Å². The molecule has 0 radical (unpaired) electrons. The zero-order valence-electron chi connectivity index (χ0n) is 16.6. The van der Waals surface area contributed by atoms with Gasteiger partial charge in [-0.05, 0) is 25.0 Å². The molecule has 30 heavy (non-hydrogen) atoms. The smallest absolute Gasteiger partial charge is 0.257 e. The van der Waals surface area contributed by atoms with E-state index in [0.717, 1.165) is 38.9 Å². The van der Waals surface area contributed by atoms with Crippen molar-refractivity contribution in [1.29, 1.82) is 0 Å². The molecule has 2 aliphatic rings. The molecule has 0 aliphatic carbocycles. The number of hydrogen-bond donors (Lipinski definition) is 0. The number of aromatic nitrogens is 2. The first-order chi connectivity index (χ1) is 14.5. The highest BCUT2D eigenvalue weighted by Crippen LogP contribution is 2.28. The summed E-state index contributed by atoms with van der Waals surface area (Å²) in [6, 6.07) is 2.39. The second-order valence-electron chi connectivity index (χ2n) is 7.26. The highest BCUT2D eigenvalue weighted by Gasteiger charge is 2.29. The number of ether oxygens (including phenoxy) is 1. The minimum absolute atomic E-state index is 0.294. The standard InChI is InChI=1S/C20H22F3N5O2/c1-30-18-16(22)13(12-14(21)17(18)23)19(29)27-10-8-26(9-11-27)15-4-5-24-20(25-15)28-6-2-3-7-28/h4-5,12H,2-3,6-11H2,1H3. The van der Waals surface area contributed by atoms with E-state index in [1.807, 2.05) is 11.0 Å². The van der Waals surface area contributed by atoms with Gasteiger partial charge in [0.25, 0.3) is 5.91 Å². The first-order valence-corrected chi connectivity index (χ1v) is 9.83. The minimum atomic E-state index is -1.45. The van der Waals surface area contributed by atoms with Crippen LogP contribution in [0.2, 0.25) is 0 Å². The van der Waals surface area contributed by atoms with E-state index >= 15 is 0 Å². The van der Waals surface area contributed by atoms with Gasteiger partial charge in [-0.15, -0.1) is 0 Å². The number of benzene rings is 1. The summed E-state index contributed by atoms with van der Waals surface area (Å²) >= 11 is 0. The van der Waals surface area contributed by atoms with E-state index in [-0.39, 0.29) is 0 Å². The maximum atomic E-state index is 14.4. The molecule has 4 rings (SSSR count). The number of carbonyl (C=O) groups is 1. The molecular formula is C20H22F3N5O2. The average Bonchev–Trinajstić information content (AvgIpc) is 3.31. The third-order valence-electron chi connectivity index (χ3n) is 5.46. The Morgan fingerprint density at radius 2 is 1.70 bits per heavy atom. The van der Waals surface area contributed by atoms with Crippen molar-refractivity contribution < 1.29 is 22.7 Å². The Labute approximate surface area is 172 Å². The third kappa shape index (κ3) is 3.73. The molecule has 2 saturated heterocycles. The van der Waals surface area contributed by atoms with Crippen molar-refractivity contribution in [2.24, 2.45) is 0 Å². The Morgan fingerprint density at radius 1 is 1.00 bits per heavy atom. The van der Waals surface area contributed by atoms with Crippen LogP contribution in [0.3, 0.4) is 0 Å². The summed E-state index contributed by atoms with van der Waals surface area (Å²) in [7, 11) is 1.02. The van der Waals surface area contributed by atoms with Crippen LogP contribution >= 0.6 is 0 Å². The predicted molar refractivity (Wildman–Crippen MR) is 104 cm³/mol. The molecule has 0 atom stereocenters. The molecule has 2 fully saturated rings. The number of amides is 1. The Balaban J connectivity index is 1.46. The number of carbonyl (C=O) groups excluding carboxylic acids is 1. The molecule has 2 aliphatic heterocycles. The van der Waals surface area contributed by atoms with Crippen molar-refractivity contribution in [2.75, 3.05) is 56.2 Å². The Morgan fingerprint density at radius 3 is 2.37 bits per heavy atom. The predicted octanol–water partition coefficient (Wildman–Crippen LogP) is 2.47. The summed E-state index contributed by atoms with van der Waals surface area (Å²) in [6.45, 7) is 3.42. The lowest BCUT2D eigenvalue weighted by atomic mass is 10.1. The van der Waals surface area contributed by atoms with Crippen LogP contribution in [0.25, 0.3) is 0 Å². The maximum absolute atomic E-state index is 14.4. The summed E-state index contributed by atoms with van der Waals surface area (Å²) in [5.41, 5.74) is -0.544. The molecule has 1 aromatic carbocycles. The van der Waals surface area contributed by atoms with Crippen LogP contribution in [0.15, 0.2) is 18.3 Å². The number of hydrogen-bond acceptors (Lipinski definition) is 6. The minimum Gasteiger partial charge on any atom is -0.491 e. The topological polar surface area (TPSA) is 61.8 Å². The fraction of sp³-hybridized carbons (Fsp3) is 0.450. The first-order valence-electron chi connectivity index (χ1n) is 9.83. The van der Waals surface area contributed by atoms with E-state index < -0.39 is 34.7 Å². The number of rotatable bonds is 4. The number of anilines is 2. The van der Waals surface area contributed by atoms with Crippen molar-refractivity contribution in [2.45, 2.75) is 12.8 Å². The van der Waals surface area contributed by atoms with Crippen molar-refractivity contribution in [3.63, 3.8) is 0 Å². The molecule has 0 bridgehead atoms. The maximum Gasteiger partial charge on any atom is 0.257 e. The molecule has 2 aromatic rings. The Hall–Kier alpha value is -3.04. The molecule has 3 heterocycles. The molecule has 0 spiro atoms. The van der Waals surface area contributed by atoms with E-state index in [9.17, 15) is 18.0 Å². The van der Waals surface area contributed by atoms with Crippen LogP contribution in [0, 0.1) is 17.5 Å². The van der Waals surface area contributed by atoms with Crippen molar-refractivity contribution in [1.82, 2.24) is 14.9 Å². The van der Waals surface area contributed by atoms with E-state index in [1.54, 1.807) is 6.20 Å². The molecule has 0 N–H and O–H groups in total. The van der Waals surface area contributed by atoms with Gasteiger partial charge in [-0.3, -0.25) is 4.79 Å². The normalized spacial score (nSPS) is 16.9. The number of methoxy groups -OCH3 is 1. The van der Waals surface area contributed by atoms with Gasteiger partial charge in [0.15, 0.2) is 17.4 Å². The summed E-state index contributed by atoms with van der Waals surface area (Å²) in [5, 5.41) is 0. The summed E-state index contributed by atoms with van der Waals surface area (Å²) < 4.78 is 46.4. The lowest BCUT2D eigenvalue weighted by Crippen LogP contribution is -2.49. The molecule has 1 amide bonds. The largest absolute Gasteiger partial charge is 0.491 e. The van der Waals surface area contributed by atoms with E-state index in [1.165, 1.54) is 4.90 Å². The second kappa shape index (κ2) is 8.37. The molecule has 0 unspecified atom stereocenters. The summed E-state index contributed by atoms with van der Waals surface area (Å²) in [5.74, 6) is -4.12. The van der Waals surface area contributed by atoms with Crippen molar-refractivity contribution in [3.05, 3.63) is 41.3 Å². The SMILES string of the molecule is COc1c(F)c(F)cc(C(=O)N2CCN(c3ccnc(N4CCCC4)n3)CC2)c1F. The third-order valence-corrected chi connectivity index (χ3v) is 5.46. The summed E-state index contributed by atoms with van der Waals surface area (Å²) in [6.07, 6.45) is 3.97. The van der Waals surface area contributed by atoms with Gasteiger partial charge in [0.2, 0.25) is 11.8 Å². The van der Waals surface area contributed by atoms with Crippen LogP contribution < -0.4 is 14.5 Å². The van der Waals surface area contributed by atoms with Gasteiger partial charge in [0.1, 0.15) is 5.82 Å². The van der Waals surface area contributed by atoms with Gasteiger partial charge >= 0.3 is 0 Å². The molecule has 1 aromatic heterocycles. The van der Waals surface area contributed by atoms with E-state index in [0.29, 0.717) is 38.2 Å². The van der Waals surface area contributed by atoms with Crippen LogP contribution in [0.1, 0.15) is 23.2 Å². The van der Waals surface area contributed by atoms with Crippen molar-refractivity contribution >= 4 is 17.7 Å². The van der Waals surface area contributed by atoms with Crippen molar-refractivity contribution in [3.8, 4) is 5.75 Å². The van der Waals surface area contributed by atoms with Gasteiger partial charge in [-0.2, -0.15) is 9.37 Å². The number of halogens is 3. The Bertz CT molecular complexity index is 944. The second-order valence-corrected chi connectivity index (χ2v) is 7.26. The monoisotopic (exact) mass is 421 g/mol. The number of piperazine rings is 1. The van der Waals surface area contributed by atoms with E-state index in [4.69, 9.17) is 0 Å². The van der Waals surface area contributed by atoms with Crippen LogP contribution in [-0.2, 0) is 0 Å². The van der Waals surface area contributed by atoms with Gasteiger partial charge in [-0.25, -0.2) is 13.8 Å². The fourth-order valence-corrected chi connectivity index (χ4v) is 3.81. The quantitative estimate of drug-likeness (QED) is 0.707. The first kappa shape index (κ1) is 20.2.